The summed E-state index contributed by atoms with van der Waals surface area (Å²) in [5, 5.41) is 12.7. The van der Waals surface area contributed by atoms with Crippen LogP contribution in [0.25, 0.3) is 0 Å². The van der Waals surface area contributed by atoms with E-state index in [1.54, 1.807) is 91.0 Å². The number of ether oxygens (including phenoxy) is 5. The maximum atomic E-state index is 12.3. The second kappa shape index (κ2) is 41.1. The molecule has 0 aliphatic carbocycles. The smallest absolute Gasteiger partial charge is 0.253 e. The molecular formula is C56H72Cl3N3O13S3. The van der Waals surface area contributed by atoms with Gasteiger partial charge >= 0.3 is 0 Å². The summed E-state index contributed by atoms with van der Waals surface area (Å²) < 4.78 is 90.4. The summed E-state index contributed by atoms with van der Waals surface area (Å²) in [6.45, 7) is 13.2. The molecule has 78 heavy (non-hydrogen) atoms. The van der Waals surface area contributed by atoms with Crippen molar-refractivity contribution in [3.63, 3.8) is 0 Å². The van der Waals surface area contributed by atoms with Crippen molar-refractivity contribution < 1.29 is 58.8 Å². The Labute approximate surface area is 476 Å². The fourth-order valence-corrected chi connectivity index (χ4v) is 7.68. The quantitative estimate of drug-likeness (QED) is 0.0367. The van der Waals surface area contributed by atoms with Gasteiger partial charge in [-0.15, -0.1) is 11.6 Å². The van der Waals surface area contributed by atoms with Crippen LogP contribution in [0.2, 0.25) is 0 Å². The van der Waals surface area contributed by atoms with Gasteiger partial charge < -0.3 is 39.8 Å². The average Bonchev–Trinajstić information content (AvgIpc) is 3.44. The van der Waals surface area contributed by atoms with Crippen molar-refractivity contribution in [3.8, 4) is 28.7 Å². The molecule has 0 aromatic heterocycles. The zero-order valence-corrected chi connectivity index (χ0v) is 49.6. The first-order valence-electron chi connectivity index (χ1n) is 23.4. The number of sulfonamides is 1. The number of hydrogen-bond acceptors (Lipinski definition) is 15. The molecular weight excluding hydrogens is 1130 g/mol. The van der Waals surface area contributed by atoms with E-state index in [9.17, 15) is 30.0 Å². The highest BCUT2D eigenvalue weighted by Gasteiger charge is 2.19. The number of methoxy groups -OCH3 is 5. The van der Waals surface area contributed by atoms with Gasteiger partial charge in [-0.05, 0) is 114 Å². The van der Waals surface area contributed by atoms with Crippen LogP contribution in [0.3, 0.4) is 0 Å². The number of alkyl halides is 1. The van der Waals surface area contributed by atoms with Crippen LogP contribution < -0.4 is 34.7 Å². The summed E-state index contributed by atoms with van der Waals surface area (Å²) in [7, 11) is 7.09. The molecule has 0 heterocycles. The summed E-state index contributed by atoms with van der Waals surface area (Å²) in [5.41, 5.74) is 12.8. The Balaban J connectivity index is 0.000000966. The van der Waals surface area contributed by atoms with Crippen LogP contribution in [-0.2, 0) is 60.8 Å². The van der Waals surface area contributed by atoms with Gasteiger partial charge in [0.05, 0.1) is 41.3 Å². The lowest BCUT2D eigenvalue weighted by Crippen LogP contribution is -2.28. The molecule has 0 radical (unpaired) electrons. The highest BCUT2D eigenvalue weighted by Crippen LogP contribution is 2.20. The minimum Gasteiger partial charge on any atom is -0.497 e. The molecule has 16 nitrogen and oxygen atoms in total. The van der Waals surface area contributed by atoms with Gasteiger partial charge in [0.25, 0.3) is 9.05 Å². The Morgan fingerprint density at radius 2 is 0.846 bits per heavy atom. The first-order valence-corrected chi connectivity index (χ1v) is 30.3. The van der Waals surface area contributed by atoms with E-state index in [1.165, 1.54) is 21.0 Å². The lowest BCUT2D eigenvalue weighted by molar-refractivity contribution is 0.112. The van der Waals surface area contributed by atoms with E-state index >= 15 is 0 Å². The molecule has 0 bridgehead atoms. The first kappa shape index (κ1) is 72.0. The fourth-order valence-electron chi connectivity index (χ4n) is 5.55. The summed E-state index contributed by atoms with van der Waals surface area (Å²) in [4.78, 5) is 10.2. The van der Waals surface area contributed by atoms with Gasteiger partial charge in [0.2, 0.25) is 19.1 Å². The van der Waals surface area contributed by atoms with E-state index in [2.05, 4.69) is 72.5 Å². The zero-order chi connectivity index (χ0) is 59.0. The minimum atomic E-state index is -3.55. The number of rotatable bonds is 20. The van der Waals surface area contributed by atoms with Crippen LogP contribution in [0.15, 0.2) is 170 Å². The zero-order valence-electron chi connectivity index (χ0n) is 44.9. The number of aliphatic hydroxyl groups excluding tert-OH is 1. The highest BCUT2D eigenvalue weighted by molar-refractivity contribution is 8.16. The molecule has 4 N–H and O–H groups in total. The van der Waals surface area contributed by atoms with Crippen molar-refractivity contribution >= 4 is 67.4 Å². The SMILES string of the molecule is C=CS(=O)(=O)Cl.C=CS(=O)(=O)N(Cc1ccc(OC)cc1)Cc1ccc(OC)cc1.CCO.COc1ccc(C=O)cc1.COc1ccc(CN)cc1.COc1ccc(CNCc2ccc(C)cc2)cc1.O=S(=O)(Cl)CCCl. The lowest BCUT2D eigenvalue weighted by Gasteiger charge is -2.20. The molecule has 428 valence electrons. The van der Waals surface area contributed by atoms with Gasteiger partial charge in [-0.3, -0.25) is 4.79 Å². The summed E-state index contributed by atoms with van der Waals surface area (Å²) in [6.07, 6.45) is 0.805. The Morgan fingerprint density at radius 1 is 0.551 bits per heavy atom. The number of nitrogens with one attached hydrogen (secondary N) is 1. The maximum absolute atomic E-state index is 12.3. The fraction of sp³-hybridized carbons (Fsp3) is 0.268. The van der Waals surface area contributed by atoms with Crippen molar-refractivity contribution in [1.29, 1.82) is 0 Å². The molecule has 0 spiro atoms. The normalized spacial score (nSPS) is 10.3. The van der Waals surface area contributed by atoms with E-state index < -0.39 is 28.1 Å². The van der Waals surface area contributed by atoms with Crippen LogP contribution in [0.5, 0.6) is 28.7 Å². The number of halogens is 3. The molecule has 22 heteroatoms. The van der Waals surface area contributed by atoms with Crippen LogP contribution in [0.1, 0.15) is 50.7 Å². The molecule has 6 aromatic carbocycles. The van der Waals surface area contributed by atoms with Crippen LogP contribution in [0.4, 0.5) is 0 Å². The number of nitrogens with zero attached hydrogens (tertiary/aromatic N) is 1. The van der Waals surface area contributed by atoms with Gasteiger partial charge in [0, 0.05) is 83.0 Å². The van der Waals surface area contributed by atoms with Crippen molar-refractivity contribution in [2.24, 2.45) is 5.73 Å². The van der Waals surface area contributed by atoms with Crippen molar-refractivity contribution in [3.05, 3.63) is 209 Å². The predicted octanol–water partition coefficient (Wildman–Crippen LogP) is 10.6. The molecule has 0 saturated carbocycles. The second-order valence-electron chi connectivity index (χ2n) is 15.4. The van der Waals surface area contributed by atoms with Crippen molar-refractivity contribution in [2.45, 2.75) is 46.6 Å². The summed E-state index contributed by atoms with van der Waals surface area (Å²) in [6, 6.07) is 46.0. The summed E-state index contributed by atoms with van der Waals surface area (Å²) in [5.74, 6) is 3.90. The Kier molecular flexibility index (Phi) is 38.0. The Bertz CT molecular complexity index is 2820. The number of nitrogens with two attached hydrogens (primary N) is 1. The molecule has 0 atom stereocenters. The molecule has 0 unspecified atom stereocenters. The number of aliphatic hydroxyl groups is 1. The monoisotopic (exact) mass is 1200 g/mol. The van der Waals surface area contributed by atoms with Gasteiger partial charge in [-0.25, -0.2) is 25.3 Å². The molecule has 0 fully saturated rings. The largest absolute Gasteiger partial charge is 0.497 e. The Hall–Kier alpha value is -5.97. The highest BCUT2D eigenvalue weighted by atomic mass is 35.7. The van der Waals surface area contributed by atoms with Crippen molar-refractivity contribution in [1.82, 2.24) is 9.62 Å². The van der Waals surface area contributed by atoms with Gasteiger partial charge in [-0.2, -0.15) is 4.31 Å². The molecule has 6 aromatic rings. The summed E-state index contributed by atoms with van der Waals surface area (Å²) >= 11 is 5.02. The number of carbonyl (C=O) groups excluding carboxylic acids is 1. The van der Waals surface area contributed by atoms with Crippen molar-refractivity contribution in [2.75, 3.05) is 53.8 Å². The molecule has 0 saturated heterocycles. The standard InChI is InChI=1S/C18H21NO4S.C16H19NO.C8H11NO.C8H8O2.C2H4Cl2O2S.C2H3ClO2S.C2H6O/c1-4-24(20,21)19(13-15-5-9-17(22-2)10-6-15)14-16-7-11-18(23-3)12-8-16;1-13-3-5-14(6-4-13)11-17-12-15-7-9-16(18-2)10-8-15;2*1-10-8-4-2-7(6-9)3-5-8;3-1-2-7(4,5)6;1-2-6(3,4)5;1-2-3/h4-12H,1,13-14H2,2-3H3;3-10,17H,11-12H2,1-2H3;2-5H,6,9H2,1H3;2-6H,1H3;1-2H2;2H,1H2;3H,2H2,1H3. The van der Waals surface area contributed by atoms with Crippen LogP contribution in [-0.4, -0.2) is 94.7 Å². The van der Waals surface area contributed by atoms with Gasteiger partial charge in [0.1, 0.15) is 35.0 Å². The average molecular weight is 1200 g/mol. The van der Waals surface area contributed by atoms with E-state index in [-0.39, 0.29) is 31.3 Å². The molecule has 0 aliphatic heterocycles. The van der Waals surface area contributed by atoms with Gasteiger partial charge in [0.15, 0.2) is 0 Å². The molecule has 0 aliphatic rings. The van der Waals surface area contributed by atoms with Crippen LogP contribution in [0, 0.1) is 6.92 Å². The lowest BCUT2D eigenvalue weighted by atomic mass is 10.1. The second-order valence-corrected chi connectivity index (χ2v) is 23.2. The molecule has 6 rings (SSSR count). The van der Waals surface area contributed by atoms with E-state index in [1.807, 2.05) is 60.7 Å². The number of carbonyl (C=O) groups is 1. The van der Waals surface area contributed by atoms with E-state index in [0.717, 1.165) is 70.2 Å². The van der Waals surface area contributed by atoms with E-state index in [4.69, 9.17) is 56.8 Å². The third-order valence-corrected chi connectivity index (χ3v) is 13.5. The van der Waals surface area contributed by atoms with E-state index in [0.29, 0.717) is 17.5 Å². The number of benzene rings is 6. The van der Waals surface area contributed by atoms with Gasteiger partial charge in [-0.1, -0.05) is 91.5 Å². The minimum absolute atomic E-state index is 0.0613. The first-order chi connectivity index (χ1) is 37.0. The third-order valence-electron chi connectivity index (χ3n) is 9.71. The third kappa shape index (κ3) is 34.7. The topological polar surface area (TPSA) is 227 Å². The Morgan fingerprint density at radius 3 is 1.09 bits per heavy atom. The maximum Gasteiger partial charge on any atom is 0.253 e. The predicted molar refractivity (Wildman–Crippen MR) is 316 cm³/mol. The molecule has 0 amide bonds. The number of aryl methyl sites for hydroxylation is 1. The number of aldehydes is 1. The van der Waals surface area contributed by atoms with Crippen LogP contribution >= 0.6 is 33.0 Å². The number of hydrogen-bond donors (Lipinski definition) is 3.